The van der Waals surface area contributed by atoms with E-state index in [0.29, 0.717) is 18.7 Å². The first-order chi connectivity index (χ1) is 14.8. The van der Waals surface area contributed by atoms with E-state index in [-0.39, 0.29) is 17.9 Å². The Balaban J connectivity index is 2.13. The lowest BCUT2D eigenvalue weighted by atomic mass is 10.1. The first kappa shape index (κ1) is 25.0. The molecule has 2 unspecified atom stereocenters. The molecule has 0 aromatic heterocycles. The lowest BCUT2D eigenvalue weighted by Crippen LogP contribution is -2.51. The molecule has 0 aliphatic carbocycles. The van der Waals surface area contributed by atoms with Gasteiger partial charge in [-0.15, -0.1) is 11.8 Å². The lowest BCUT2D eigenvalue weighted by molar-refractivity contribution is -0.139. The molecular formula is C26H36N2O2S. The van der Waals surface area contributed by atoms with Crippen LogP contribution in [0.15, 0.2) is 48.5 Å². The first-order valence-corrected chi connectivity index (χ1v) is 12.3. The Morgan fingerprint density at radius 2 is 1.68 bits per heavy atom. The van der Waals surface area contributed by atoms with Crippen LogP contribution in [-0.2, 0) is 21.9 Å². The highest BCUT2D eigenvalue weighted by molar-refractivity contribution is 7.99. The molecule has 1 N–H and O–H groups in total. The molecule has 2 amide bonds. The summed E-state index contributed by atoms with van der Waals surface area (Å²) < 4.78 is 0. The van der Waals surface area contributed by atoms with E-state index >= 15 is 0 Å². The van der Waals surface area contributed by atoms with E-state index in [9.17, 15) is 9.59 Å². The van der Waals surface area contributed by atoms with E-state index in [0.717, 1.165) is 23.3 Å². The van der Waals surface area contributed by atoms with Crippen molar-refractivity contribution >= 4 is 23.6 Å². The van der Waals surface area contributed by atoms with Gasteiger partial charge in [0.05, 0.1) is 5.75 Å². The molecule has 0 heterocycles. The van der Waals surface area contributed by atoms with Gasteiger partial charge in [-0.1, -0.05) is 73.5 Å². The highest BCUT2D eigenvalue weighted by Gasteiger charge is 2.29. The SMILES string of the molecule is CCC(C)NC(=O)C(CC)N(Cc1cccc(C)c1)C(=O)CSCc1ccc(C)cc1. The van der Waals surface area contributed by atoms with Crippen LogP contribution in [0.5, 0.6) is 0 Å². The predicted molar refractivity (Wildman–Crippen MR) is 131 cm³/mol. The second kappa shape index (κ2) is 12.6. The highest BCUT2D eigenvalue weighted by atomic mass is 32.2. The van der Waals surface area contributed by atoms with E-state index in [4.69, 9.17) is 0 Å². The van der Waals surface area contributed by atoms with Crippen molar-refractivity contribution in [3.63, 3.8) is 0 Å². The van der Waals surface area contributed by atoms with Crippen LogP contribution in [0, 0.1) is 13.8 Å². The maximum absolute atomic E-state index is 13.3. The van der Waals surface area contributed by atoms with Gasteiger partial charge in [-0.25, -0.2) is 0 Å². The number of amides is 2. The molecule has 0 saturated carbocycles. The van der Waals surface area contributed by atoms with Crippen molar-refractivity contribution in [1.82, 2.24) is 10.2 Å². The fourth-order valence-corrected chi connectivity index (χ4v) is 4.26. The highest BCUT2D eigenvalue weighted by Crippen LogP contribution is 2.18. The van der Waals surface area contributed by atoms with Gasteiger partial charge >= 0.3 is 0 Å². The zero-order valence-corrected chi connectivity index (χ0v) is 20.3. The number of carbonyl (C=O) groups is 2. The molecule has 2 rings (SSSR count). The Morgan fingerprint density at radius 3 is 2.29 bits per heavy atom. The summed E-state index contributed by atoms with van der Waals surface area (Å²) in [5, 5.41) is 3.06. The molecular weight excluding hydrogens is 404 g/mol. The molecule has 0 spiro atoms. The van der Waals surface area contributed by atoms with Gasteiger partial charge in [0.2, 0.25) is 11.8 Å². The first-order valence-electron chi connectivity index (χ1n) is 11.1. The quantitative estimate of drug-likeness (QED) is 0.519. The molecule has 0 aliphatic rings. The van der Waals surface area contributed by atoms with Crippen molar-refractivity contribution in [2.24, 2.45) is 0 Å². The van der Waals surface area contributed by atoms with Crippen LogP contribution >= 0.6 is 11.8 Å². The van der Waals surface area contributed by atoms with Crippen molar-refractivity contribution in [1.29, 1.82) is 0 Å². The summed E-state index contributed by atoms with van der Waals surface area (Å²) in [5.74, 6) is 1.07. The van der Waals surface area contributed by atoms with Gasteiger partial charge in [-0.3, -0.25) is 9.59 Å². The number of benzene rings is 2. The molecule has 2 aromatic carbocycles. The van der Waals surface area contributed by atoms with Gasteiger partial charge in [0.15, 0.2) is 0 Å². The summed E-state index contributed by atoms with van der Waals surface area (Å²) >= 11 is 1.60. The maximum atomic E-state index is 13.3. The van der Waals surface area contributed by atoms with Gasteiger partial charge in [0, 0.05) is 18.3 Å². The number of rotatable bonds is 11. The fourth-order valence-electron chi connectivity index (χ4n) is 3.39. The van der Waals surface area contributed by atoms with E-state index < -0.39 is 6.04 Å². The predicted octanol–water partition coefficient (Wildman–Crippen LogP) is 5.26. The Labute approximate surface area is 191 Å². The minimum Gasteiger partial charge on any atom is -0.352 e. The Kier molecular flexibility index (Phi) is 10.1. The van der Waals surface area contributed by atoms with E-state index in [1.807, 2.05) is 45.9 Å². The largest absolute Gasteiger partial charge is 0.352 e. The molecule has 168 valence electrons. The van der Waals surface area contributed by atoms with Gasteiger partial charge in [0.1, 0.15) is 6.04 Å². The summed E-state index contributed by atoms with van der Waals surface area (Å²) in [5.41, 5.74) is 4.63. The summed E-state index contributed by atoms with van der Waals surface area (Å²) in [7, 11) is 0. The van der Waals surface area contributed by atoms with Crippen LogP contribution in [0.2, 0.25) is 0 Å². The molecule has 0 saturated heterocycles. The van der Waals surface area contributed by atoms with Crippen LogP contribution in [0.1, 0.15) is 55.9 Å². The maximum Gasteiger partial charge on any atom is 0.243 e. The standard InChI is InChI=1S/C26H36N2O2S/c1-6-21(5)27-26(30)24(7-2)28(16-23-10-8-9-20(4)15-23)25(29)18-31-17-22-13-11-19(3)12-14-22/h8-15,21,24H,6-7,16-18H2,1-5H3,(H,27,30). The summed E-state index contributed by atoms with van der Waals surface area (Å²) in [6.07, 6.45) is 1.45. The van der Waals surface area contributed by atoms with E-state index in [1.54, 1.807) is 16.7 Å². The smallest absolute Gasteiger partial charge is 0.243 e. The average Bonchev–Trinajstić information content (AvgIpc) is 2.74. The Bertz CT molecular complexity index is 851. The van der Waals surface area contributed by atoms with Crippen molar-refractivity contribution in [3.8, 4) is 0 Å². The number of carbonyl (C=O) groups excluding carboxylic acids is 2. The molecule has 0 aliphatic heterocycles. The van der Waals surface area contributed by atoms with Gasteiger partial charge < -0.3 is 10.2 Å². The summed E-state index contributed by atoms with van der Waals surface area (Å²) in [6, 6.07) is 16.2. The topological polar surface area (TPSA) is 49.4 Å². The minimum atomic E-state index is -0.470. The van der Waals surface area contributed by atoms with Gasteiger partial charge in [-0.05, 0) is 44.7 Å². The molecule has 5 heteroatoms. The van der Waals surface area contributed by atoms with E-state index in [2.05, 4.69) is 42.6 Å². The van der Waals surface area contributed by atoms with Gasteiger partial charge in [0.25, 0.3) is 0 Å². The third-order valence-electron chi connectivity index (χ3n) is 5.44. The van der Waals surface area contributed by atoms with Crippen molar-refractivity contribution in [2.45, 2.75) is 71.8 Å². The third-order valence-corrected chi connectivity index (χ3v) is 6.43. The monoisotopic (exact) mass is 440 g/mol. The third kappa shape index (κ3) is 8.06. The Hall–Kier alpha value is -2.27. The zero-order valence-electron chi connectivity index (χ0n) is 19.5. The number of thioether (sulfide) groups is 1. The number of hydrogen-bond acceptors (Lipinski definition) is 3. The molecule has 2 aromatic rings. The molecule has 0 bridgehead atoms. The van der Waals surface area contributed by atoms with Crippen molar-refractivity contribution in [3.05, 3.63) is 70.8 Å². The zero-order chi connectivity index (χ0) is 22.8. The van der Waals surface area contributed by atoms with Crippen LogP contribution in [0.3, 0.4) is 0 Å². The van der Waals surface area contributed by atoms with Crippen LogP contribution in [0.25, 0.3) is 0 Å². The van der Waals surface area contributed by atoms with Crippen LogP contribution in [-0.4, -0.2) is 34.6 Å². The fraction of sp³-hybridized carbons (Fsp3) is 0.462. The molecule has 0 fully saturated rings. The van der Waals surface area contributed by atoms with Crippen LogP contribution in [0.4, 0.5) is 0 Å². The lowest BCUT2D eigenvalue weighted by Gasteiger charge is -2.31. The second-order valence-corrected chi connectivity index (χ2v) is 9.22. The summed E-state index contributed by atoms with van der Waals surface area (Å²) in [6.45, 7) is 10.6. The Morgan fingerprint density at radius 1 is 0.968 bits per heavy atom. The molecule has 2 atom stereocenters. The average molecular weight is 441 g/mol. The molecule has 4 nitrogen and oxygen atoms in total. The second-order valence-electron chi connectivity index (χ2n) is 8.23. The minimum absolute atomic E-state index is 0.00442. The van der Waals surface area contributed by atoms with Gasteiger partial charge in [-0.2, -0.15) is 0 Å². The van der Waals surface area contributed by atoms with Crippen molar-refractivity contribution < 1.29 is 9.59 Å². The molecule has 31 heavy (non-hydrogen) atoms. The number of hydrogen-bond donors (Lipinski definition) is 1. The normalized spacial score (nSPS) is 12.8. The summed E-state index contributed by atoms with van der Waals surface area (Å²) in [4.78, 5) is 28.0. The molecule has 0 radical (unpaired) electrons. The van der Waals surface area contributed by atoms with Crippen molar-refractivity contribution in [2.75, 3.05) is 5.75 Å². The van der Waals surface area contributed by atoms with E-state index in [1.165, 1.54) is 11.1 Å². The number of nitrogens with one attached hydrogen (secondary N) is 1. The number of aryl methyl sites for hydroxylation is 2. The number of nitrogens with zero attached hydrogens (tertiary/aromatic N) is 1. The van der Waals surface area contributed by atoms with Crippen LogP contribution < -0.4 is 5.32 Å².